The smallest absolute Gasteiger partial charge is 0.248 e. The van der Waals surface area contributed by atoms with Crippen molar-refractivity contribution in [2.45, 2.75) is 12.8 Å². The molecule has 92 valence electrons. The molecule has 5 nitrogen and oxygen atoms in total. The number of amides is 2. The first-order chi connectivity index (χ1) is 8.04. The maximum Gasteiger partial charge on any atom is 0.248 e. The Morgan fingerprint density at radius 3 is 2.71 bits per heavy atom. The van der Waals surface area contributed by atoms with E-state index in [1.807, 2.05) is 0 Å². The summed E-state index contributed by atoms with van der Waals surface area (Å²) in [6.07, 6.45) is 0.562. The Morgan fingerprint density at radius 2 is 2.12 bits per heavy atom. The summed E-state index contributed by atoms with van der Waals surface area (Å²) in [6.45, 7) is -0.0531. The summed E-state index contributed by atoms with van der Waals surface area (Å²) < 4.78 is 0. The minimum atomic E-state index is -0.590. The number of nitrogens with two attached hydrogens (primary N) is 1. The molecule has 0 saturated heterocycles. The van der Waals surface area contributed by atoms with E-state index in [0.29, 0.717) is 17.1 Å². The quantitative estimate of drug-likeness (QED) is 0.738. The molecule has 17 heavy (non-hydrogen) atoms. The Labute approximate surface area is 104 Å². The monoisotopic (exact) mass is 256 g/mol. The number of hydrogen-bond donors (Lipinski definition) is 3. The highest BCUT2D eigenvalue weighted by molar-refractivity contribution is 6.33. The first kappa shape index (κ1) is 13.5. The minimum absolute atomic E-state index is 0.0531. The molecule has 1 aromatic rings. The summed E-state index contributed by atoms with van der Waals surface area (Å²) in [5.41, 5.74) is 5.72. The average molecular weight is 257 g/mol. The van der Waals surface area contributed by atoms with E-state index in [4.69, 9.17) is 22.4 Å². The number of carbonyl (C=O) groups excluding carboxylic acids is 2. The molecule has 0 saturated carbocycles. The van der Waals surface area contributed by atoms with E-state index in [2.05, 4.69) is 5.32 Å². The van der Waals surface area contributed by atoms with Gasteiger partial charge in [-0.05, 0) is 24.6 Å². The molecule has 0 bridgehead atoms. The molecule has 0 aliphatic carbocycles. The van der Waals surface area contributed by atoms with Gasteiger partial charge in [0.2, 0.25) is 11.8 Å². The maximum absolute atomic E-state index is 11.4. The zero-order chi connectivity index (χ0) is 12.8. The highest BCUT2D eigenvalue weighted by atomic mass is 35.5. The topological polar surface area (TPSA) is 92.4 Å². The number of anilines is 1. The summed E-state index contributed by atoms with van der Waals surface area (Å²) in [6, 6.07) is 4.39. The Hall–Kier alpha value is -1.59. The van der Waals surface area contributed by atoms with E-state index >= 15 is 0 Å². The highest BCUT2D eigenvalue weighted by Crippen LogP contribution is 2.23. The molecule has 1 rings (SSSR count). The third-order valence-corrected chi connectivity index (χ3v) is 2.42. The van der Waals surface area contributed by atoms with Gasteiger partial charge in [0.15, 0.2) is 0 Å². The number of rotatable bonds is 5. The third-order valence-electron chi connectivity index (χ3n) is 2.09. The molecule has 1 aromatic carbocycles. The van der Waals surface area contributed by atoms with E-state index in [1.165, 1.54) is 18.2 Å². The maximum atomic E-state index is 11.4. The second kappa shape index (κ2) is 6.22. The van der Waals surface area contributed by atoms with Gasteiger partial charge in [0.05, 0.1) is 10.7 Å². The lowest BCUT2D eigenvalue weighted by Crippen LogP contribution is -2.14. The molecular formula is C11H13ClN2O3. The number of primary amides is 1. The summed E-state index contributed by atoms with van der Waals surface area (Å²) in [4.78, 5) is 22.4. The summed E-state index contributed by atoms with van der Waals surface area (Å²) in [5, 5.41) is 11.5. The van der Waals surface area contributed by atoms with Crippen LogP contribution in [-0.2, 0) is 4.79 Å². The van der Waals surface area contributed by atoms with Crippen LogP contribution >= 0.6 is 11.6 Å². The van der Waals surface area contributed by atoms with Crippen LogP contribution in [0.2, 0.25) is 5.02 Å². The molecule has 0 heterocycles. The predicted octanol–water partition coefficient (Wildman–Crippen LogP) is 1.15. The molecule has 2 amide bonds. The van der Waals surface area contributed by atoms with Crippen LogP contribution in [-0.4, -0.2) is 23.5 Å². The van der Waals surface area contributed by atoms with Crippen molar-refractivity contribution in [2.24, 2.45) is 5.73 Å². The van der Waals surface area contributed by atoms with Gasteiger partial charge >= 0.3 is 0 Å². The van der Waals surface area contributed by atoms with Crippen molar-refractivity contribution >= 4 is 29.1 Å². The lowest BCUT2D eigenvalue weighted by molar-refractivity contribution is -0.116. The molecule has 0 spiro atoms. The van der Waals surface area contributed by atoms with E-state index in [9.17, 15) is 9.59 Å². The predicted molar refractivity (Wildman–Crippen MR) is 64.9 cm³/mol. The Kier molecular flexibility index (Phi) is 4.93. The van der Waals surface area contributed by atoms with Crippen LogP contribution in [0.4, 0.5) is 5.69 Å². The van der Waals surface area contributed by atoms with E-state index < -0.39 is 5.91 Å². The molecule has 0 aromatic heterocycles. The number of halogens is 1. The molecule has 6 heteroatoms. The number of hydrogen-bond acceptors (Lipinski definition) is 3. The van der Waals surface area contributed by atoms with Gasteiger partial charge in [0.1, 0.15) is 0 Å². The SMILES string of the molecule is NC(=O)c1ccc(Cl)c(NC(=O)CCCO)c1. The second-order valence-electron chi connectivity index (χ2n) is 3.43. The van der Waals surface area contributed by atoms with Crippen LogP contribution in [0.15, 0.2) is 18.2 Å². The molecule has 0 aliphatic rings. The Balaban J connectivity index is 2.79. The van der Waals surface area contributed by atoms with Crippen molar-refractivity contribution in [1.29, 1.82) is 0 Å². The number of nitrogens with one attached hydrogen (secondary N) is 1. The van der Waals surface area contributed by atoms with Crippen molar-refractivity contribution in [2.75, 3.05) is 11.9 Å². The number of carbonyl (C=O) groups is 2. The van der Waals surface area contributed by atoms with Gasteiger partial charge in [-0.2, -0.15) is 0 Å². The van der Waals surface area contributed by atoms with Crippen molar-refractivity contribution in [3.8, 4) is 0 Å². The molecule has 0 fully saturated rings. The number of benzene rings is 1. The third kappa shape index (κ3) is 4.05. The zero-order valence-electron chi connectivity index (χ0n) is 9.07. The average Bonchev–Trinajstić information content (AvgIpc) is 2.29. The van der Waals surface area contributed by atoms with E-state index in [1.54, 1.807) is 0 Å². The van der Waals surface area contributed by atoms with Crippen LogP contribution < -0.4 is 11.1 Å². The fourth-order valence-corrected chi connectivity index (χ4v) is 1.39. The van der Waals surface area contributed by atoms with Crippen molar-refractivity contribution in [1.82, 2.24) is 0 Å². The largest absolute Gasteiger partial charge is 0.396 e. The molecular weight excluding hydrogens is 244 g/mol. The van der Waals surface area contributed by atoms with E-state index in [0.717, 1.165) is 0 Å². The van der Waals surface area contributed by atoms with Crippen LogP contribution in [0.3, 0.4) is 0 Å². The van der Waals surface area contributed by atoms with Gasteiger partial charge in [-0.25, -0.2) is 0 Å². The Morgan fingerprint density at radius 1 is 1.41 bits per heavy atom. The number of aliphatic hydroxyl groups is 1. The molecule has 0 aliphatic heterocycles. The van der Waals surface area contributed by atoms with Crippen molar-refractivity contribution in [3.05, 3.63) is 28.8 Å². The van der Waals surface area contributed by atoms with Gasteiger partial charge < -0.3 is 16.2 Å². The first-order valence-electron chi connectivity index (χ1n) is 5.04. The van der Waals surface area contributed by atoms with Gasteiger partial charge in [0, 0.05) is 18.6 Å². The molecule has 4 N–H and O–H groups in total. The summed E-state index contributed by atoms with van der Waals surface area (Å²) in [7, 11) is 0. The summed E-state index contributed by atoms with van der Waals surface area (Å²) in [5.74, 6) is -0.866. The van der Waals surface area contributed by atoms with Gasteiger partial charge in [-0.1, -0.05) is 11.6 Å². The second-order valence-corrected chi connectivity index (χ2v) is 3.84. The van der Waals surface area contributed by atoms with Gasteiger partial charge in [-0.15, -0.1) is 0 Å². The molecule has 0 unspecified atom stereocenters. The van der Waals surface area contributed by atoms with Crippen LogP contribution in [0.25, 0.3) is 0 Å². The lowest BCUT2D eigenvalue weighted by atomic mass is 10.2. The fraction of sp³-hybridized carbons (Fsp3) is 0.273. The standard InChI is InChI=1S/C11H13ClN2O3/c12-8-4-3-7(11(13)17)6-9(8)14-10(16)2-1-5-15/h3-4,6,15H,1-2,5H2,(H2,13,17)(H,14,16). The fourth-order valence-electron chi connectivity index (χ4n) is 1.23. The van der Waals surface area contributed by atoms with E-state index in [-0.39, 0.29) is 24.5 Å². The Bertz CT molecular complexity index is 435. The first-order valence-corrected chi connectivity index (χ1v) is 5.42. The van der Waals surface area contributed by atoms with Gasteiger partial charge in [-0.3, -0.25) is 9.59 Å². The van der Waals surface area contributed by atoms with Crippen molar-refractivity contribution in [3.63, 3.8) is 0 Å². The van der Waals surface area contributed by atoms with Crippen molar-refractivity contribution < 1.29 is 14.7 Å². The molecule has 0 atom stereocenters. The van der Waals surface area contributed by atoms with Crippen LogP contribution in [0.1, 0.15) is 23.2 Å². The highest BCUT2D eigenvalue weighted by Gasteiger charge is 2.08. The summed E-state index contributed by atoms with van der Waals surface area (Å²) >= 11 is 5.86. The molecule has 0 radical (unpaired) electrons. The lowest BCUT2D eigenvalue weighted by Gasteiger charge is -2.08. The van der Waals surface area contributed by atoms with Crippen LogP contribution in [0.5, 0.6) is 0 Å². The minimum Gasteiger partial charge on any atom is -0.396 e. The number of aliphatic hydroxyl groups excluding tert-OH is 1. The zero-order valence-corrected chi connectivity index (χ0v) is 9.83. The van der Waals surface area contributed by atoms with Gasteiger partial charge in [0.25, 0.3) is 0 Å². The van der Waals surface area contributed by atoms with Crippen LogP contribution in [0, 0.1) is 0 Å². The normalized spacial score (nSPS) is 10.0.